The van der Waals surface area contributed by atoms with E-state index in [1.807, 2.05) is 26.0 Å². The molecule has 0 saturated heterocycles. The second kappa shape index (κ2) is 6.47. The zero-order valence-electron chi connectivity index (χ0n) is 11.7. The van der Waals surface area contributed by atoms with Crippen molar-refractivity contribution in [1.82, 2.24) is 9.36 Å². The van der Waals surface area contributed by atoms with Gasteiger partial charge in [-0.3, -0.25) is 4.98 Å². The number of carbonyl (C=O) groups excluding carboxylic acids is 1. The van der Waals surface area contributed by atoms with Gasteiger partial charge in [0.05, 0.1) is 12.3 Å². The third kappa shape index (κ3) is 3.14. The smallest absolute Gasteiger partial charge is 0.343 e. The minimum atomic E-state index is -0.330. The molecule has 0 amide bonds. The van der Waals surface area contributed by atoms with Crippen LogP contribution >= 0.6 is 11.5 Å². The molecule has 0 aromatic carbocycles. The molecule has 0 fully saturated rings. The molecule has 1 atom stereocenters. The highest BCUT2D eigenvalue weighted by atomic mass is 32.1. The van der Waals surface area contributed by atoms with E-state index in [0.29, 0.717) is 17.9 Å². The standard InChI is InChI=1S/C14H17N3O2S/c1-4-19-14(18)12-10(3)17-20-13(12)16-9(2)11-5-7-15-8-6-11/h5-9,16H,4H2,1-3H3. The van der Waals surface area contributed by atoms with Gasteiger partial charge in [-0.15, -0.1) is 0 Å². The summed E-state index contributed by atoms with van der Waals surface area (Å²) < 4.78 is 9.31. The van der Waals surface area contributed by atoms with Gasteiger partial charge in [0.15, 0.2) is 0 Å². The lowest BCUT2D eigenvalue weighted by Crippen LogP contribution is -2.11. The van der Waals surface area contributed by atoms with Crippen molar-refractivity contribution in [2.75, 3.05) is 11.9 Å². The summed E-state index contributed by atoms with van der Waals surface area (Å²) in [6.07, 6.45) is 3.50. The summed E-state index contributed by atoms with van der Waals surface area (Å²) in [5.74, 6) is -0.330. The second-order valence-corrected chi connectivity index (χ2v) is 5.11. The summed E-state index contributed by atoms with van der Waals surface area (Å²) in [6, 6.07) is 3.94. The third-order valence-electron chi connectivity index (χ3n) is 2.90. The monoisotopic (exact) mass is 291 g/mol. The van der Waals surface area contributed by atoms with Crippen molar-refractivity contribution in [3.05, 3.63) is 41.3 Å². The van der Waals surface area contributed by atoms with E-state index in [1.54, 1.807) is 19.3 Å². The van der Waals surface area contributed by atoms with Crippen molar-refractivity contribution in [2.24, 2.45) is 0 Å². The molecule has 2 aromatic rings. The Kier molecular flexibility index (Phi) is 4.68. The van der Waals surface area contributed by atoms with Crippen LogP contribution in [-0.4, -0.2) is 21.9 Å². The number of nitrogens with zero attached hydrogens (tertiary/aromatic N) is 2. The Bertz CT molecular complexity index is 583. The summed E-state index contributed by atoms with van der Waals surface area (Å²) >= 11 is 1.28. The van der Waals surface area contributed by atoms with Crippen LogP contribution in [-0.2, 0) is 4.74 Å². The first-order valence-corrected chi connectivity index (χ1v) is 7.20. The summed E-state index contributed by atoms with van der Waals surface area (Å²) in [6.45, 7) is 5.98. The molecule has 0 aliphatic heterocycles. The van der Waals surface area contributed by atoms with E-state index in [4.69, 9.17) is 4.74 Å². The lowest BCUT2D eigenvalue weighted by molar-refractivity contribution is 0.0527. The van der Waals surface area contributed by atoms with E-state index in [-0.39, 0.29) is 12.0 Å². The molecule has 2 rings (SSSR count). The highest BCUT2D eigenvalue weighted by Crippen LogP contribution is 2.29. The molecule has 106 valence electrons. The fraction of sp³-hybridized carbons (Fsp3) is 0.357. The molecule has 6 heteroatoms. The molecule has 2 heterocycles. The number of aromatic nitrogens is 2. The van der Waals surface area contributed by atoms with Gasteiger partial charge in [-0.05, 0) is 50.0 Å². The number of hydrogen-bond donors (Lipinski definition) is 1. The minimum absolute atomic E-state index is 0.0611. The van der Waals surface area contributed by atoms with Crippen molar-refractivity contribution in [3.8, 4) is 0 Å². The first kappa shape index (κ1) is 14.5. The predicted octanol–water partition coefficient (Wildman–Crippen LogP) is 3.20. The van der Waals surface area contributed by atoms with Crippen LogP contribution in [0.25, 0.3) is 0 Å². The van der Waals surface area contributed by atoms with Crippen LogP contribution in [0, 0.1) is 6.92 Å². The van der Waals surface area contributed by atoms with E-state index in [2.05, 4.69) is 14.7 Å². The quantitative estimate of drug-likeness (QED) is 0.857. The molecule has 20 heavy (non-hydrogen) atoms. The summed E-state index contributed by atoms with van der Waals surface area (Å²) in [7, 11) is 0. The van der Waals surface area contributed by atoms with Gasteiger partial charge < -0.3 is 10.1 Å². The number of anilines is 1. The van der Waals surface area contributed by atoms with Crippen molar-refractivity contribution < 1.29 is 9.53 Å². The highest BCUT2D eigenvalue weighted by molar-refractivity contribution is 7.10. The third-order valence-corrected chi connectivity index (χ3v) is 3.77. The summed E-state index contributed by atoms with van der Waals surface area (Å²) in [5.41, 5.74) is 2.32. The molecule has 1 N–H and O–H groups in total. The maximum atomic E-state index is 12.0. The maximum absolute atomic E-state index is 12.0. The first-order valence-electron chi connectivity index (χ1n) is 6.43. The fourth-order valence-corrected chi connectivity index (χ4v) is 2.72. The predicted molar refractivity (Wildman–Crippen MR) is 79.1 cm³/mol. The number of ether oxygens (including phenoxy) is 1. The molecular formula is C14H17N3O2S. The van der Waals surface area contributed by atoms with Crippen LogP contribution in [0.15, 0.2) is 24.5 Å². The van der Waals surface area contributed by atoms with Gasteiger partial charge in [0.2, 0.25) is 0 Å². The zero-order chi connectivity index (χ0) is 14.5. The normalized spacial score (nSPS) is 11.9. The van der Waals surface area contributed by atoms with Gasteiger partial charge in [0, 0.05) is 18.4 Å². The Morgan fingerprint density at radius 2 is 2.15 bits per heavy atom. The van der Waals surface area contributed by atoms with Gasteiger partial charge in [0.1, 0.15) is 10.6 Å². The number of hydrogen-bond acceptors (Lipinski definition) is 6. The summed E-state index contributed by atoms with van der Waals surface area (Å²) in [4.78, 5) is 16.0. The second-order valence-electron chi connectivity index (χ2n) is 4.34. The Labute approximate surface area is 122 Å². The van der Waals surface area contributed by atoms with Gasteiger partial charge in [-0.25, -0.2) is 4.79 Å². The molecule has 2 aromatic heterocycles. The van der Waals surface area contributed by atoms with E-state index in [0.717, 1.165) is 10.6 Å². The molecule has 0 bridgehead atoms. The largest absolute Gasteiger partial charge is 0.462 e. The van der Waals surface area contributed by atoms with Crippen LogP contribution in [0.1, 0.15) is 41.5 Å². The van der Waals surface area contributed by atoms with E-state index >= 15 is 0 Å². The van der Waals surface area contributed by atoms with Crippen LogP contribution in [0.4, 0.5) is 5.00 Å². The Morgan fingerprint density at radius 3 is 2.80 bits per heavy atom. The number of nitrogens with one attached hydrogen (secondary N) is 1. The average molecular weight is 291 g/mol. The van der Waals surface area contributed by atoms with Crippen molar-refractivity contribution in [1.29, 1.82) is 0 Å². The van der Waals surface area contributed by atoms with E-state index < -0.39 is 0 Å². The zero-order valence-corrected chi connectivity index (χ0v) is 12.5. The highest BCUT2D eigenvalue weighted by Gasteiger charge is 2.21. The Morgan fingerprint density at radius 1 is 1.45 bits per heavy atom. The topological polar surface area (TPSA) is 64.1 Å². The lowest BCUT2D eigenvalue weighted by atomic mass is 10.1. The lowest BCUT2D eigenvalue weighted by Gasteiger charge is -2.14. The van der Waals surface area contributed by atoms with Gasteiger partial charge >= 0.3 is 5.97 Å². The number of esters is 1. The van der Waals surface area contributed by atoms with Gasteiger partial charge in [-0.1, -0.05) is 0 Å². The molecular weight excluding hydrogens is 274 g/mol. The summed E-state index contributed by atoms with van der Waals surface area (Å²) in [5, 5.41) is 4.06. The van der Waals surface area contributed by atoms with Crippen molar-refractivity contribution in [2.45, 2.75) is 26.8 Å². The van der Waals surface area contributed by atoms with E-state index in [9.17, 15) is 4.79 Å². The molecule has 0 aliphatic carbocycles. The van der Waals surface area contributed by atoms with Crippen molar-refractivity contribution >= 4 is 22.5 Å². The molecule has 0 radical (unpaired) electrons. The van der Waals surface area contributed by atoms with Gasteiger partial charge in [0.25, 0.3) is 0 Å². The Hall–Kier alpha value is -1.95. The molecule has 0 aliphatic rings. The minimum Gasteiger partial charge on any atom is -0.462 e. The number of carbonyl (C=O) groups is 1. The fourth-order valence-electron chi connectivity index (χ4n) is 1.84. The number of rotatable bonds is 5. The first-order chi connectivity index (χ1) is 9.63. The Balaban J connectivity index is 2.20. The molecule has 1 unspecified atom stereocenters. The average Bonchev–Trinajstić information content (AvgIpc) is 2.81. The van der Waals surface area contributed by atoms with Gasteiger partial charge in [-0.2, -0.15) is 4.37 Å². The molecule has 0 spiro atoms. The van der Waals surface area contributed by atoms with Crippen LogP contribution in [0.5, 0.6) is 0 Å². The van der Waals surface area contributed by atoms with E-state index in [1.165, 1.54) is 11.5 Å². The number of pyridine rings is 1. The SMILES string of the molecule is CCOC(=O)c1c(C)nsc1NC(C)c1ccncc1. The van der Waals surface area contributed by atoms with Crippen LogP contribution in [0.3, 0.4) is 0 Å². The van der Waals surface area contributed by atoms with Crippen molar-refractivity contribution in [3.63, 3.8) is 0 Å². The molecule has 0 saturated carbocycles. The maximum Gasteiger partial charge on any atom is 0.343 e. The number of aryl methyl sites for hydroxylation is 1. The van der Waals surface area contributed by atoms with Crippen LogP contribution < -0.4 is 5.32 Å². The van der Waals surface area contributed by atoms with Crippen LogP contribution in [0.2, 0.25) is 0 Å². The molecule has 5 nitrogen and oxygen atoms in total.